The van der Waals surface area contributed by atoms with Crippen molar-refractivity contribution in [3.63, 3.8) is 0 Å². The van der Waals surface area contributed by atoms with Gasteiger partial charge in [-0.3, -0.25) is 4.79 Å². The minimum absolute atomic E-state index is 0.0993. The second kappa shape index (κ2) is 9.10. The van der Waals surface area contributed by atoms with Crippen LogP contribution in [0.3, 0.4) is 0 Å². The Labute approximate surface area is 185 Å². The summed E-state index contributed by atoms with van der Waals surface area (Å²) in [4.78, 5) is 17.5. The first-order valence-corrected chi connectivity index (χ1v) is 13.4. The second-order valence-electron chi connectivity index (χ2n) is 9.30. The Morgan fingerprint density at radius 2 is 1.77 bits per heavy atom. The second-order valence-corrected chi connectivity index (χ2v) is 14.1. The third-order valence-corrected chi connectivity index (χ3v) is 10.7. The molecule has 0 saturated carbocycles. The molecule has 1 fully saturated rings. The number of hydrogen-bond donors (Lipinski definition) is 0. The number of nitrogens with zero attached hydrogens (tertiary/aromatic N) is 4. The molecule has 31 heavy (non-hydrogen) atoms. The summed E-state index contributed by atoms with van der Waals surface area (Å²) in [5.74, 6) is -0.194. The molecule has 0 radical (unpaired) electrons. The monoisotopic (exact) mass is 434 g/mol. The van der Waals surface area contributed by atoms with E-state index in [1.54, 1.807) is 4.90 Å². The quantitative estimate of drug-likeness (QED) is 0.168. The number of hydrogen-bond acceptors (Lipinski definition) is 3. The number of amides is 1. The van der Waals surface area contributed by atoms with E-state index in [0.717, 1.165) is 16.8 Å². The molecule has 1 saturated heterocycles. The predicted molar refractivity (Wildman–Crippen MR) is 128 cm³/mol. The van der Waals surface area contributed by atoms with Crippen molar-refractivity contribution in [2.75, 3.05) is 4.90 Å². The largest absolute Gasteiger partial charge is 0.412 e. The predicted octanol–water partition coefficient (Wildman–Crippen LogP) is 6.32. The number of β-lactam (4-membered cyclic amide) rings is 1. The highest BCUT2D eigenvalue weighted by Crippen LogP contribution is 2.39. The highest BCUT2D eigenvalue weighted by atomic mass is 28.4. The van der Waals surface area contributed by atoms with Gasteiger partial charge in [-0.15, -0.1) is 0 Å². The third kappa shape index (κ3) is 4.90. The molecule has 6 nitrogen and oxygen atoms in total. The lowest BCUT2D eigenvalue weighted by Gasteiger charge is -2.44. The number of benzene rings is 2. The van der Waals surface area contributed by atoms with Crippen LogP contribution in [0.5, 0.6) is 0 Å². The molecule has 2 aromatic rings. The van der Waals surface area contributed by atoms with Gasteiger partial charge in [-0.2, -0.15) is 0 Å². The average molecular weight is 435 g/mol. The maximum atomic E-state index is 12.9. The zero-order chi connectivity index (χ0) is 22.6. The molecule has 0 aromatic heterocycles. The molecule has 2 atom stereocenters. The van der Waals surface area contributed by atoms with Crippen LogP contribution in [0.2, 0.25) is 18.1 Å². The summed E-state index contributed by atoms with van der Waals surface area (Å²) in [5.41, 5.74) is 11.7. The van der Waals surface area contributed by atoms with E-state index >= 15 is 0 Å². The molecule has 0 bridgehead atoms. The molecule has 1 amide bonds. The standard InChI is InChI=1S/C24H30N4O2Si/c1-24(2,3)31(4,5)30-17-19-13-9-10-14-20(19)28-21(22(23(28)29)26-27-25)16-15-18-11-7-6-8-12-18/h6-16,21-22H,17H2,1-5H3/b16-15+. The van der Waals surface area contributed by atoms with Crippen molar-refractivity contribution >= 4 is 26.0 Å². The van der Waals surface area contributed by atoms with Gasteiger partial charge in [-0.1, -0.05) is 86.6 Å². The van der Waals surface area contributed by atoms with Crippen molar-refractivity contribution in [1.82, 2.24) is 0 Å². The van der Waals surface area contributed by atoms with Crippen LogP contribution in [-0.4, -0.2) is 26.3 Å². The van der Waals surface area contributed by atoms with Crippen molar-refractivity contribution in [3.8, 4) is 0 Å². The van der Waals surface area contributed by atoms with Crippen LogP contribution in [0, 0.1) is 0 Å². The number of carbonyl (C=O) groups is 1. The van der Waals surface area contributed by atoms with E-state index in [1.807, 2.05) is 66.7 Å². The van der Waals surface area contributed by atoms with Crippen LogP contribution in [0.15, 0.2) is 65.8 Å². The maximum Gasteiger partial charge on any atom is 0.239 e. The van der Waals surface area contributed by atoms with Gasteiger partial charge in [0.2, 0.25) is 5.91 Å². The first-order chi connectivity index (χ1) is 14.7. The molecule has 2 aromatic carbocycles. The number of para-hydroxylation sites is 1. The highest BCUT2D eigenvalue weighted by molar-refractivity contribution is 6.74. The molecular weight excluding hydrogens is 404 g/mol. The van der Waals surface area contributed by atoms with Gasteiger partial charge in [0.05, 0.1) is 12.6 Å². The molecule has 2 unspecified atom stereocenters. The van der Waals surface area contributed by atoms with Crippen LogP contribution in [-0.2, 0) is 15.8 Å². The van der Waals surface area contributed by atoms with Crippen LogP contribution >= 0.6 is 0 Å². The first-order valence-electron chi connectivity index (χ1n) is 10.5. The van der Waals surface area contributed by atoms with Crippen LogP contribution in [0.4, 0.5) is 5.69 Å². The smallest absolute Gasteiger partial charge is 0.239 e. The molecule has 7 heteroatoms. The van der Waals surface area contributed by atoms with Crippen molar-refractivity contribution in [1.29, 1.82) is 0 Å². The fraction of sp³-hybridized carbons (Fsp3) is 0.375. The van der Waals surface area contributed by atoms with Gasteiger partial charge < -0.3 is 9.33 Å². The van der Waals surface area contributed by atoms with Crippen LogP contribution in [0.25, 0.3) is 16.5 Å². The SMILES string of the molecule is CC(C)(C)[Si](C)(C)OCc1ccccc1N1C(=O)C(N=[N+]=[N-])C1/C=C/c1ccccc1. The van der Waals surface area contributed by atoms with E-state index in [2.05, 4.69) is 43.9 Å². The third-order valence-electron chi connectivity index (χ3n) is 6.22. The summed E-state index contributed by atoms with van der Waals surface area (Å²) in [6.07, 6.45) is 3.89. The number of rotatable bonds is 7. The Morgan fingerprint density at radius 3 is 2.42 bits per heavy atom. The molecule has 0 spiro atoms. The van der Waals surface area contributed by atoms with E-state index in [-0.39, 0.29) is 17.0 Å². The molecule has 1 aliphatic heterocycles. The summed E-state index contributed by atoms with van der Waals surface area (Å²) in [5, 5.41) is 3.84. The van der Waals surface area contributed by atoms with Gasteiger partial charge in [0, 0.05) is 16.2 Å². The molecule has 0 aliphatic carbocycles. The van der Waals surface area contributed by atoms with Crippen molar-refractivity contribution in [3.05, 3.63) is 82.2 Å². The molecular formula is C24H30N4O2Si. The van der Waals surface area contributed by atoms with E-state index < -0.39 is 14.4 Å². The van der Waals surface area contributed by atoms with Crippen LogP contribution < -0.4 is 4.90 Å². The van der Waals surface area contributed by atoms with Crippen molar-refractivity contribution in [2.45, 2.75) is 57.6 Å². The van der Waals surface area contributed by atoms with Gasteiger partial charge in [0.25, 0.3) is 0 Å². The minimum atomic E-state index is -1.94. The molecule has 1 aliphatic rings. The van der Waals surface area contributed by atoms with E-state index in [4.69, 9.17) is 9.96 Å². The topological polar surface area (TPSA) is 78.3 Å². The fourth-order valence-electron chi connectivity index (χ4n) is 3.25. The maximum absolute atomic E-state index is 12.9. The van der Waals surface area contributed by atoms with Crippen molar-refractivity contribution in [2.24, 2.45) is 5.11 Å². The fourth-order valence-corrected chi connectivity index (χ4v) is 4.20. The van der Waals surface area contributed by atoms with E-state index in [9.17, 15) is 4.79 Å². The molecule has 0 N–H and O–H groups in total. The Morgan fingerprint density at radius 1 is 1.13 bits per heavy atom. The number of azide groups is 1. The van der Waals surface area contributed by atoms with Crippen molar-refractivity contribution < 1.29 is 9.22 Å². The van der Waals surface area contributed by atoms with E-state index in [0.29, 0.717) is 6.61 Å². The lowest BCUT2D eigenvalue weighted by Crippen LogP contribution is -2.63. The highest BCUT2D eigenvalue weighted by Gasteiger charge is 2.47. The van der Waals surface area contributed by atoms with Gasteiger partial charge in [0.15, 0.2) is 8.32 Å². The van der Waals surface area contributed by atoms with Crippen LogP contribution in [0.1, 0.15) is 31.9 Å². The summed E-state index contributed by atoms with van der Waals surface area (Å²) >= 11 is 0. The number of carbonyl (C=O) groups excluding carboxylic acids is 1. The molecule has 3 rings (SSSR count). The van der Waals surface area contributed by atoms with Gasteiger partial charge in [0.1, 0.15) is 6.04 Å². The van der Waals surface area contributed by atoms with Gasteiger partial charge >= 0.3 is 0 Å². The number of anilines is 1. The average Bonchev–Trinajstić information content (AvgIpc) is 2.73. The Balaban J connectivity index is 1.89. The normalized spacial score (nSPS) is 19.3. The summed E-state index contributed by atoms with van der Waals surface area (Å²) < 4.78 is 6.41. The lowest BCUT2D eigenvalue weighted by molar-refractivity contribution is -0.125. The zero-order valence-corrected chi connectivity index (χ0v) is 19.8. The Hall–Kier alpha value is -2.86. The van der Waals surface area contributed by atoms with Gasteiger partial charge in [-0.05, 0) is 35.3 Å². The molecule has 162 valence electrons. The van der Waals surface area contributed by atoms with Gasteiger partial charge in [-0.25, -0.2) is 0 Å². The van der Waals surface area contributed by atoms with E-state index in [1.165, 1.54) is 0 Å². The first kappa shape index (κ1) is 22.8. The summed E-state index contributed by atoms with van der Waals surface area (Å²) in [6, 6.07) is 16.6. The Kier molecular flexibility index (Phi) is 6.70. The Bertz CT molecular complexity index is 1010. The summed E-state index contributed by atoms with van der Waals surface area (Å²) in [7, 11) is -1.94. The zero-order valence-electron chi connectivity index (χ0n) is 18.8. The minimum Gasteiger partial charge on any atom is -0.412 e. The lowest BCUT2D eigenvalue weighted by atomic mass is 9.92. The summed E-state index contributed by atoms with van der Waals surface area (Å²) in [6.45, 7) is 11.5. The molecule has 1 heterocycles.